The lowest BCUT2D eigenvalue weighted by atomic mass is 9.98. The molecule has 0 aliphatic heterocycles. The van der Waals surface area contributed by atoms with Crippen LogP contribution in [0.4, 0.5) is 15.8 Å². The number of hydrogen-bond acceptors (Lipinski definition) is 4. The third-order valence-corrected chi connectivity index (χ3v) is 4.46. The lowest BCUT2D eigenvalue weighted by molar-refractivity contribution is 0.165. The summed E-state index contributed by atoms with van der Waals surface area (Å²) in [5, 5.41) is 0. The molecule has 5 heteroatoms. The van der Waals surface area contributed by atoms with Crippen molar-refractivity contribution in [2.24, 2.45) is 0 Å². The highest BCUT2D eigenvalue weighted by Crippen LogP contribution is 2.32. The number of hydrogen-bond donors (Lipinski definition) is 2. The first-order valence-electron chi connectivity index (χ1n) is 8.26. The summed E-state index contributed by atoms with van der Waals surface area (Å²) in [6, 6.07) is 4.23. The van der Waals surface area contributed by atoms with Gasteiger partial charge < -0.3 is 11.5 Å². The summed E-state index contributed by atoms with van der Waals surface area (Å²) in [4.78, 5) is 6.41. The summed E-state index contributed by atoms with van der Waals surface area (Å²) in [5.41, 5.74) is 15.7. The van der Waals surface area contributed by atoms with Crippen LogP contribution in [0.2, 0.25) is 0 Å². The quantitative estimate of drug-likeness (QED) is 0.870. The number of nitrogens with zero attached hydrogens (tertiary/aromatic N) is 2. The first kappa shape index (κ1) is 18.2. The van der Waals surface area contributed by atoms with Gasteiger partial charge in [0.05, 0.1) is 17.6 Å². The highest BCUT2D eigenvalue weighted by molar-refractivity contribution is 5.83. The first-order chi connectivity index (χ1) is 11.2. The van der Waals surface area contributed by atoms with E-state index in [1.807, 2.05) is 13.0 Å². The lowest BCUT2D eigenvalue weighted by Gasteiger charge is -2.31. The van der Waals surface area contributed by atoms with Crippen LogP contribution in [0.15, 0.2) is 24.5 Å². The molecule has 4 nitrogen and oxygen atoms in total. The normalized spacial score (nSPS) is 11.7. The Labute approximate surface area is 143 Å². The zero-order valence-corrected chi connectivity index (χ0v) is 15.1. The van der Waals surface area contributed by atoms with Gasteiger partial charge in [-0.2, -0.15) is 0 Å². The number of nitrogen functional groups attached to an aromatic ring is 2. The third-order valence-electron chi connectivity index (χ3n) is 4.46. The minimum atomic E-state index is -0.239. The Morgan fingerprint density at radius 2 is 1.71 bits per heavy atom. The Kier molecular flexibility index (Phi) is 5.44. The summed E-state index contributed by atoms with van der Waals surface area (Å²) in [6.07, 6.45) is 3.13. The molecule has 0 aliphatic carbocycles. The Bertz CT molecular complexity index is 718. The van der Waals surface area contributed by atoms with E-state index in [-0.39, 0.29) is 5.82 Å². The van der Waals surface area contributed by atoms with E-state index in [1.165, 1.54) is 12.3 Å². The molecular weight excluding hydrogens is 303 g/mol. The molecule has 2 rings (SSSR count). The lowest BCUT2D eigenvalue weighted by Crippen LogP contribution is -2.36. The van der Waals surface area contributed by atoms with Crippen molar-refractivity contribution in [2.75, 3.05) is 11.5 Å². The Balaban J connectivity index is 2.51. The molecule has 0 fully saturated rings. The number of halogens is 1. The van der Waals surface area contributed by atoms with Gasteiger partial charge >= 0.3 is 0 Å². The summed E-state index contributed by atoms with van der Waals surface area (Å²) in [5.74, 6) is -0.239. The topological polar surface area (TPSA) is 68.2 Å². The molecule has 0 radical (unpaired) electrons. The predicted octanol–water partition coefficient (Wildman–Crippen LogP) is 3.98. The average molecular weight is 330 g/mol. The molecule has 1 aromatic heterocycles. The molecule has 0 unspecified atom stereocenters. The second-order valence-electron chi connectivity index (χ2n) is 6.79. The van der Waals surface area contributed by atoms with Gasteiger partial charge in [0.1, 0.15) is 5.82 Å². The zero-order chi connectivity index (χ0) is 18.0. The van der Waals surface area contributed by atoms with E-state index in [0.29, 0.717) is 46.7 Å². The second-order valence-corrected chi connectivity index (χ2v) is 6.79. The molecule has 4 N–H and O–H groups in total. The minimum Gasteiger partial charge on any atom is -0.396 e. The number of benzene rings is 1. The zero-order valence-electron chi connectivity index (χ0n) is 15.1. The monoisotopic (exact) mass is 330 g/mol. The SMILES string of the molecule is Cc1c(F)cc(-c2cncc(N)c2N)cc1CN(C(C)C)C(C)C. The first-order valence-corrected chi connectivity index (χ1v) is 8.26. The molecule has 24 heavy (non-hydrogen) atoms. The van der Waals surface area contributed by atoms with Gasteiger partial charge in [0.15, 0.2) is 0 Å². The predicted molar refractivity (Wildman–Crippen MR) is 99.0 cm³/mol. The van der Waals surface area contributed by atoms with Crippen LogP contribution in [0.1, 0.15) is 38.8 Å². The molecule has 1 heterocycles. The second kappa shape index (κ2) is 7.18. The van der Waals surface area contributed by atoms with Gasteiger partial charge in [-0.15, -0.1) is 0 Å². The maximum absolute atomic E-state index is 14.5. The minimum absolute atomic E-state index is 0.239. The standard InChI is InChI=1S/C19H27FN4/c1-11(2)24(12(3)4)10-15-6-14(7-17(20)13(15)5)16-8-23-9-18(21)19(16)22/h6-9,11-12H,10,21H2,1-5H3,(H2,22,23). The Hall–Kier alpha value is -2.14. The molecule has 2 aromatic rings. The Morgan fingerprint density at radius 3 is 2.29 bits per heavy atom. The van der Waals surface area contributed by atoms with Gasteiger partial charge in [-0.25, -0.2) is 4.39 Å². The number of anilines is 2. The summed E-state index contributed by atoms with van der Waals surface area (Å²) < 4.78 is 14.5. The van der Waals surface area contributed by atoms with Crippen LogP contribution >= 0.6 is 0 Å². The summed E-state index contributed by atoms with van der Waals surface area (Å²) in [7, 11) is 0. The van der Waals surface area contributed by atoms with Crippen molar-refractivity contribution in [1.29, 1.82) is 0 Å². The van der Waals surface area contributed by atoms with Gasteiger partial charge in [0.25, 0.3) is 0 Å². The van der Waals surface area contributed by atoms with Crippen LogP contribution in [0.25, 0.3) is 11.1 Å². The van der Waals surface area contributed by atoms with E-state index in [0.717, 1.165) is 5.56 Å². The molecule has 0 bridgehead atoms. The van der Waals surface area contributed by atoms with Crippen molar-refractivity contribution in [2.45, 2.75) is 53.2 Å². The highest BCUT2D eigenvalue weighted by atomic mass is 19.1. The maximum Gasteiger partial charge on any atom is 0.127 e. The molecule has 0 spiro atoms. The third kappa shape index (κ3) is 3.67. The van der Waals surface area contributed by atoms with Crippen molar-refractivity contribution in [3.05, 3.63) is 41.5 Å². The maximum atomic E-state index is 14.5. The van der Waals surface area contributed by atoms with Crippen LogP contribution in [0.5, 0.6) is 0 Å². The molecule has 0 saturated carbocycles. The van der Waals surface area contributed by atoms with E-state index in [2.05, 4.69) is 37.6 Å². The molecule has 130 valence electrons. The molecule has 1 aromatic carbocycles. The van der Waals surface area contributed by atoms with Crippen LogP contribution in [0, 0.1) is 12.7 Å². The van der Waals surface area contributed by atoms with Crippen LogP contribution in [0.3, 0.4) is 0 Å². The van der Waals surface area contributed by atoms with Gasteiger partial charge in [-0.3, -0.25) is 9.88 Å². The van der Waals surface area contributed by atoms with Crippen LogP contribution in [-0.2, 0) is 6.54 Å². The van der Waals surface area contributed by atoms with E-state index in [4.69, 9.17) is 11.5 Å². The molecule has 0 saturated heterocycles. The van der Waals surface area contributed by atoms with Crippen molar-refractivity contribution >= 4 is 11.4 Å². The number of aromatic nitrogens is 1. The van der Waals surface area contributed by atoms with Gasteiger partial charge in [-0.05, 0) is 63.4 Å². The fourth-order valence-electron chi connectivity index (χ4n) is 2.93. The van der Waals surface area contributed by atoms with Gasteiger partial charge in [-0.1, -0.05) is 0 Å². The molecule has 0 atom stereocenters. The van der Waals surface area contributed by atoms with Crippen molar-refractivity contribution in [3.63, 3.8) is 0 Å². The average Bonchev–Trinajstić information content (AvgIpc) is 2.50. The smallest absolute Gasteiger partial charge is 0.127 e. The molecule has 0 amide bonds. The molecule has 0 aliphatic rings. The van der Waals surface area contributed by atoms with Crippen molar-refractivity contribution in [3.8, 4) is 11.1 Å². The van der Waals surface area contributed by atoms with Crippen molar-refractivity contribution < 1.29 is 4.39 Å². The fourth-order valence-corrected chi connectivity index (χ4v) is 2.93. The Morgan fingerprint density at radius 1 is 1.08 bits per heavy atom. The van der Waals surface area contributed by atoms with Crippen LogP contribution in [-0.4, -0.2) is 22.0 Å². The number of nitrogens with two attached hydrogens (primary N) is 2. The number of pyridine rings is 1. The van der Waals surface area contributed by atoms with E-state index < -0.39 is 0 Å². The molecular formula is C19H27FN4. The fraction of sp³-hybridized carbons (Fsp3) is 0.421. The van der Waals surface area contributed by atoms with E-state index in [9.17, 15) is 4.39 Å². The summed E-state index contributed by atoms with van der Waals surface area (Å²) >= 11 is 0. The van der Waals surface area contributed by atoms with Crippen LogP contribution < -0.4 is 11.5 Å². The highest BCUT2D eigenvalue weighted by Gasteiger charge is 2.18. The number of rotatable bonds is 5. The van der Waals surface area contributed by atoms with Gasteiger partial charge in [0.2, 0.25) is 0 Å². The van der Waals surface area contributed by atoms with E-state index >= 15 is 0 Å². The summed E-state index contributed by atoms with van der Waals surface area (Å²) in [6.45, 7) is 11.1. The van der Waals surface area contributed by atoms with Gasteiger partial charge in [0, 0.05) is 30.4 Å². The largest absolute Gasteiger partial charge is 0.396 e. The van der Waals surface area contributed by atoms with E-state index in [1.54, 1.807) is 6.20 Å². The van der Waals surface area contributed by atoms with Crippen molar-refractivity contribution in [1.82, 2.24) is 9.88 Å².